The van der Waals surface area contributed by atoms with Crippen LogP contribution in [-0.2, 0) is 25.6 Å². The van der Waals surface area contributed by atoms with Gasteiger partial charge in [0.15, 0.2) is 5.79 Å². The van der Waals surface area contributed by atoms with Crippen LogP contribution in [-0.4, -0.2) is 37.7 Å². The molecule has 2 spiro atoms. The minimum absolute atomic E-state index is 0.0651. The lowest BCUT2D eigenvalue weighted by Crippen LogP contribution is -2.64. The summed E-state index contributed by atoms with van der Waals surface area (Å²) in [6, 6.07) is 20.0. The first-order chi connectivity index (χ1) is 19.4. The number of hydrogen-bond donors (Lipinski definition) is 0. The molecule has 4 saturated carbocycles. The molecule has 0 amide bonds. The molecule has 4 aliphatic carbocycles. The molecule has 214 valence electrons. The summed E-state index contributed by atoms with van der Waals surface area (Å²) in [7, 11) is 0. The third-order valence-corrected chi connectivity index (χ3v) is 12.0. The molecule has 1 heterocycles. The van der Waals surface area contributed by atoms with Gasteiger partial charge in [-0.1, -0.05) is 68.8 Å². The Labute approximate surface area is 238 Å². The van der Waals surface area contributed by atoms with Gasteiger partial charge in [0.25, 0.3) is 0 Å². The summed E-state index contributed by atoms with van der Waals surface area (Å²) < 4.78 is 25.8. The molecule has 0 unspecified atom stereocenters. The molecule has 5 fully saturated rings. The average molecular weight is 545 g/mol. The molecule has 7 rings (SSSR count). The standard InChI is InChI=1S/C35H44O5/c1-32(24-37-23-25-10-5-3-6-11-25)14-9-15-33(2)30(32)29(40-31(36)26-12-7-4-8-13-26)21-27-20-28-22-34(27,33)16-17-35(28)38-18-19-39-35/h3-8,10-13,27-30H,9,14-24H2,1-2H3/t27-,28-,29-,30+,32+,33+,34+/m0/s1. The van der Waals surface area contributed by atoms with Crippen LogP contribution in [0.15, 0.2) is 60.7 Å². The van der Waals surface area contributed by atoms with Crippen LogP contribution in [0.25, 0.3) is 0 Å². The third kappa shape index (κ3) is 4.10. The Balaban J connectivity index is 1.22. The maximum atomic E-state index is 13.5. The minimum atomic E-state index is -0.387. The van der Waals surface area contributed by atoms with Gasteiger partial charge in [-0.2, -0.15) is 0 Å². The Bertz CT molecular complexity index is 1210. The zero-order chi connectivity index (χ0) is 27.4. The van der Waals surface area contributed by atoms with Crippen molar-refractivity contribution in [3.05, 3.63) is 71.8 Å². The highest BCUT2D eigenvalue weighted by molar-refractivity contribution is 5.89. The zero-order valence-electron chi connectivity index (χ0n) is 24.1. The Kier molecular flexibility index (Phi) is 6.64. The Morgan fingerprint density at radius 3 is 2.35 bits per heavy atom. The number of hydrogen-bond acceptors (Lipinski definition) is 5. The highest BCUT2D eigenvalue weighted by Gasteiger charge is 2.73. The molecule has 0 N–H and O–H groups in total. The third-order valence-electron chi connectivity index (χ3n) is 12.0. The zero-order valence-corrected chi connectivity index (χ0v) is 24.1. The van der Waals surface area contributed by atoms with Crippen LogP contribution in [0.3, 0.4) is 0 Å². The van der Waals surface area contributed by atoms with E-state index in [-0.39, 0.29) is 40.0 Å². The molecular formula is C35H44O5. The fraction of sp³-hybridized carbons (Fsp3) is 0.629. The summed E-state index contributed by atoms with van der Waals surface area (Å²) >= 11 is 0. The predicted octanol–water partition coefficient (Wildman–Crippen LogP) is 7.19. The highest BCUT2D eigenvalue weighted by Crippen LogP contribution is 2.76. The number of rotatable bonds is 6. The van der Waals surface area contributed by atoms with Crippen molar-refractivity contribution in [2.24, 2.45) is 34.0 Å². The fourth-order valence-electron chi connectivity index (χ4n) is 10.5. The predicted molar refractivity (Wildman–Crippen MR) is 152 cm³/mol. The van der Waals surface area contributed by atoms with Gasteiger partial charge in [0, 0.05) is 18.3 Å². The monoisotopic (exact) mass is 544 g/mol. The van der Waals surface area contributed by atoms with Crippen LogP contribution in [0.4, 0.5) is 0 Å². The fourth-order valence-corrected chi connectivity index (χ4v) is 10.5. The van der Waals surface area contributed by atoms with Crippen molar-refractivity contribution in [3.63, 3.8) is 0 Å². The number of carbonyl (C=O) groups is 1. The van der Waals surface area contributed by atoms with Crippen molar-refractivity contribution in [2.45, 2.75) is 83.7 Å². The van der Waals surface area contributed by atoms with E-state index in [1.165, 1.54) is 24.8 Å². The van der Waals surface area contributed by atoms with Gasteiger partial charge in [-0.15, -0.1) is 0 Å². The van der Waals surface area contributed by atoms with Gasteiger partial charge in [0.1, 0.15) is 6.10 Å². The molecule has 0 radical (unpaired) electrons. The maximum absolute atomic E-state index is 13.5. The van der Waals surface area contributed by atoms with E-state index < -0.39 is 0 Å². The number of ether oxygens (including phenoxy) is 4. The molecule has 1 saturated heterocycles. The van der Waals surface area contributed by atoms with E-state index in [4.69, 9.17) is 18.9 Å². The topological polar surface area (TPSA) is 54.0 Å². The maximum Gasteiger partial charge on any atom is 0.338 e. The lowest BCUT2D eigenvalue weighted by molar-refractivity contribution is -0.251. The first kappa shape index (κ1) is 26.7. The normalized spacial score (nSPS) is 39.5. The van der Waals surface area contributed by atoms with E-state index >= 15 is 0 Å². The first-order valence-corrected chi connectivity index (χ1v) is 15.5. The Morgan fingerprint density at radius 1 is 0.875 bits per heavy atom. The quantitative estimate of drug-likeness (QED) is 0.360. The second kappa shape index (κ2) is 9.96. The van der Waals surface area contributed by atoms with E-state index in [2.05, 4.69) is 38.1 Å². The molecular weight excluding hydrogens is 500 g/mol. The second-order valence-corrected chi connectivity index (χ2v) is 13.9. The number of carbonyl (C=O) groups excluding carboxylic acids is 1. The summed E-state index contributed by atoms with van der Waals surface area (Å²) in [5.41, 5.74) is 2.07. The average Bonchev–Trinajstić information content (AvgIpc) is 3.56. The van der Waals surface area contributed by atoms with Gasteiger partial charge in [0.2, 0.25) is 0 Å². The van der Waals surface area contributed by atoms with Crippen molar-refractivity contribution in [1.82, 2.24) is 0 Å². The van der Waals surface area contributed by atoms with Gasteiger partial charge in [0.05, 0.1) is 32.0 Å². The van der Waals surface area contributed by atoms with Gasteiger partial charge in [-0.05, 0) is 78.4 Å². The molecule has 0 aromatic heterocycles. The van der Waals surface area contributed by atoms with Crippen LogP contribution in [0.2, 0.25) is 0 Å². The van der Waals surface area contributed by atoms with Gasteiger partial charge in [-0.3, -0.25) is 0 Å². The van der Waals surface area contributed by atoms with Gasteiger partial charge >= 0.3 is 5.97 Å². The van der Waals surface area contributed by atoms with Crippen molar-refractivity contribution in [1.29, 1.82) is 0 Å². The number of fused-ring (bicyclic) bond motifs is 3. The molecule has 2 bridgehead atoms. The Hall–Kier alpha value is -2.21. The summed E-state index contributed by atoms with van der Waals surface area (Å²) in [6.45, 7) is 7.69. The van der Waals surface area contributed by atoms with Crippen LogP contribution < -0.4 is 0 Å². The van der Waals surface area contributed by atoms with Crippen LogP contribution in [0.1, 0.15) is 81.1 Å². The first-order valence-electron chi connectivity index (χ1n) is 15.5. The molecule has 40 heavy (non-hydrogen) atoms. The molecule has 1 aliphatic heterocycles. The van der Waals surface area contributed by atoms with E-state index in [0.717, 1.165) is 32.1 Å². The summed E-state index contributed by atoms with van der Waals surface area (Å²) in [5.74, 6) is 0.611. The largest absolute Gasteiger partial charge is 0.458 e. The summed E-state index contributed by atoms with van der Waals surface area (Å²) in [4.78, 5) is 13.5. The van der Waals surface area contributed by atoms with Crippen molar-refractivity contribution in [3.8, 4) is 0 Å². The summed E-state index contributed by atoms with van der Waals surface area (Å²) in [5, 5.41) is 0. The molecule has 2 aromatic carbocycles. The molecule has 5 aliphatic rings. The van der Waals surface area contributed by atoms with E-state index in [9.17, 15) is 4.79 Å². The molecule has 5 nitrogen and oxygen atoms in total. The molecule has 5 heteroatoms. The number of benzene rings is 2. The van der Waals surface area contributed by atoms with Crippen LogP contribution in [0.5, 0.6) is 0 Å². The SMILES string of the molecule is C[C@]1(COCc2ccccc2)CCC[C@]2(C)[C@@H]1[C@@H](OC(=O)c1ccccc1)C[C@@H]1C[C@H]3C[C@]12CCC31OCCO1. The lowest BCUT2D eigenvalue weighted by Gasteiger charge is -2.67. The number of esters is 1. The van der Waals surface area contributed by atoms with E-state index in [0.29, 0.717) is 43.8 Å². The van der Waals surface area contributed by atoms with E-state index in [1.54, 1.807) is 0 Å². The minimum Gasteiger partial charge on any atom is -0.458 e. The highest BCUT2D eigenvalue weighted by atomic mass is 16.7. The van der Waals surface area contributed by atoms with E-state index in [1.807, 2.05) is 36.4 Å². The Morgan fingerprint density at radius 2 is 1.60 bits per heavy atom. The molecule has 7 atom stereocenters. The summed E-state index contributed by atoms with van der Waals surface area (Å²) in [6.07, 6.45) is 8.70. The van der Waals surface area contributed by atoms with Gasteiger partial charge in [-0.25, -0.2) is 4.79 Å². The van der Waals surface area contributed by atoms with Gasteiger partial charge < -0.3 is 18.9 Å². The van der Waals surface area contributed by atoms with Crippen LogP contribution in [0, 0.1) is 34.0 Å². The van der Waals surface area contributed by atoms with Crippen molar-refractivity contribution < 1.29 is 23.7 Å². The second-order valence-electron chi connectivity index (χ2n) is 13.9. The molecule has 2 aromatic rings. The smallest absolute Gasteiger partial charge is 0.338 e. The van der Waals surface area contributed by atoms with Crippen molar-refractivity contribution >= 4 is 5.97 Å². The van der Waals surface area contributed by atoms with Crippen molar-refractivity contribution in [2.75, 3.05) is 19.8 Å². The van der Waals surface area contributed by atoms with Crippen LogP contribution >= 0.6 is 0 Å². The lowest BCUT2D eigenvalue weighted by atomic mass is 9.39.